The molecule has 0 aliphatic rings. The molecule has 1 atom stereocenters. The Morgan fingerprint density at radius 1 is 1.16 bits per heavy atom. The van der Waals surface area contributed by atoms with Crippen LogP contribution < -0.4 is 0 Å². The molecule has 0 heterocycles. The molecule has 0 spiro atoms. The first-order valence-electron chi connectivity index (χ1n) is 6.07. The maximum atomic E-state index is 9.79. The van der Waals surface area contributed by atoms with Gasteiger partial charge >= 0.3 is 0 Å². The molecule has 0 aromatic heterocycles. The molecule has 0 bridgehead atoms. The smallest absolute Gasteiger partial charge is 0.0992 e. The van der Waals surface area contributed by atoms with Gasteiger partial charge in [-0.2, -0.15) is 5.26 Å². The summed E-state index contributed by atoms with van der Waals surface area (Å²) in [6, 6.07) is 15.7. The van der Waals surface area contributed by atoms with Crippen molar-refractivity contribution in [2.24, 2.45) is 0 Å². The number of aryl methyl sites for hydroxylation is 1. The molecule has 0 saturated heterocycles. The van der Waals surface area contributed by atoms with E-state index in [2.05, 4.69) is 18.2 Å². The molecule has 0 radical (unpaired) electrons. The van der Waals surface area contributed by atoms with E-state index in [1.807, 2.05) is 31.2 Å². The van der Waals surface area contributed by atoms with Gasteiger partial charge in [-0.3, -0.25) is 0 Å². The highest BCUT2D eigenvalue weighted by molar-refractivity contribution is 7.99. The molecule has 3 heteroatoms. The lowest BCUT2D eigenvalue weighted by Crippen LogP contribution is -1.94. The molecule has 0 aliphatic heterocycles. The number of benzene rings is 2. The van der Waals surface area contributed by atoms with Crippen LogP contribution in [0.4, 0.5) is 0 Å². The normalized spacial score (nSPS) is 11.9. The Morgan fingerprint density at radius 3 is 2.42 bits per heavy atom. The highest BCUT2D eigenvalue weighted by Crippen LogP contribution is 2.34. The van der Waals surface area contributed by atoms with Gasteiger partial charge in [0.05, 0.1) is 17.7 Å². The molecule has 96 valence electrons. The van der Waals surface area contributed by atoms with Gasteiger partial charge in [0.2, 0.25) is 0 Å². The third-order valence-corrected chi connectivity index (χ3v) is 3.92. The van der Waals surface area contributed by atoms with Gasteiger partial charge in [-0.25, -0.2) is 0 Å². The number of nitrogens with zero attached hydrogens (tertiary/aromatic N) is 1. The Morgan fingerprint density at radius 2 is 1.84 bits per heavy atom. The van der Waals surface area contributed by atoms with Crippen molar-refractivity contribution in [1.82, 2.24) is 0 Å². The first-order chi connectivity index (χ1) is 9.10. The van der Waals surface area contributed by atoms with E-state index in [1.165, 1.54) is 5.56 Å². The summed E-state index contributed by atoms with van der Waals surface area (Å²) in [4.78, 5) is 2.03. The quantitative estimate of drug-likeness (QED) is 0.913. The van der Waals surface area contributed by atoms with Crippen LogP contribution in [0.1, 0.15) is 29.7 Å². The van der Waals surface area contributed by atoms with Gasteiger partial charge in [-0.1, -0.05) is 35.5 Å². The Labute approximate surface area is 117 Å². The van der Waals surface area contributed by atoms with Gasteiger partial charge in [0.15, 0.2) is 0 Å². The van der Waals surface area contributed by atoms with E-state index in [9.17, 15) is 5.11 Å². The van der Waals surface area contributed by atoms with Crippen molar-refractivity contribution in [2.45, 2.75) is 29.7 Å². The van der Waals surface area contributed by atoms with Crippen molar-refractivity contribution in [3.05, 3.63) is 59.2 Å². The largest absolute Gasteiger partial charge is 0.389 e. The number of hydrogen-bond donors (Lipinski definition) is 1. The summed E-state index contributed by atoms with van der Waals surface area (Å²) in [7, 11) is 0. The summed E-state index contributed by atoms with van der Waals surface area (Å²) in [6.07, 6.45) is -0.541. The van der Waals surface area contributed by atoms with Crippen LogP contribution in [0, 0.1) is 18.3 Å². The Hall–Kier alpha value is -1.76. The van der Waals surface area contributed by atoms with Gasteiger partial charge in [-0.05, 0) is 43.7 Å². The Balaban J connectivity index is 2.37. The van der Waals surface area contributed by atoms with Crippen LogP contribution in [0.5, 0.6) is 0 Å². The predicted octanol–water partition coefficient (Wildman–Crippen LogP) is 4.07. The standard InChI is InChI=1S/C16H15NOS/c1-11-3-6-14(7-4-11)19-16-9-13(10-17)5-8-15(16)12(2)18/h3-9,12,18H,1-2H3/t12-/m0/s1. The van der Waals surface area contributed by atoms with E-state index in [0.717, 1.165) is 15.4 Å². The molecule has 2 aromatic carbocycles. The zero-order chi connectivity index (χ0) is 13.8. The van der Waals surface area contributed by atoms with E-state index in [4.69, 9.17) is 5.26 Å². The molecule has 19 heavy (non-hydrogen) atoms. The van der Waals surface area contributed by atoms with Gasteiger partial charge in [0.1, 0.15) is 0 Å². The minimum Gasteiger partial charge on any atom is -0.389 e. The van der Waals surface area contributed by atoms with Crippen LogP contribution in [0.2, 0.25) is 0 Å². The Kier molecular flexibility index (Phi) is 4.26. The second kappa shape index (κ2) is 5.92. The molecule has 0 aliphatic carbocycles. The molecule has 0 fully saturated rings. The van der Waals surface area contributed by atoms with Crippen LogP contribution in [0.3, 0.4) is 0 Å². The third-order valence-electron chi connectivity index (χ3n) is 2.84. The van der Waals surface area contributed by atoms with Crippen molar-refractivity contribution in [2.75, 3.05) is 0 Å². The molecule has 2 aromatic rings. The molecule has 0 unspecified atom stereocenters. The maximum absolute atomic E-state index is 9.79. The van der Waals surface area contributed by atoms with E-state index < -0.39 is 6.10 Å². The highest BCUT2D eigenvalue weighted by Gasteiger charge is 2.10. The SMILES string of the molecule is Cc1ccc(Sc2cc(C#N)ccc2[C@H](C)O)cc1. The fourth-order valence-electron chi connectivity index (χ4n) is 1.77. The topological polar surface area (TPSA) is 44.0 Å². The minimum atomic E-state index is -0.541. The van der Waals surface area contributed by atoms with Crippen molar-refractivity contribution in [1.29, 1.82) is 5.26 Å². The van der Waals surface area contributed by atoms with Crippen LogP contribution in [-0.4, -0.2) is 5.11 Å². The summed E-state index contributed by atoms with van der Waals surface area (Å²) >= 11 is 1.57. The lowest BCUT2D eigenvalue weighted by atomic mass is 10.1. The number of rotatable bonds is 3. The lowest BCUT2D eigenvalue weighted by Gasteiger charge is -2.12. The van der Waals surface area contributed by atoms with E-state index in [0.29, 0.717) is 5.56 Å². The van der Waals surface area contributed by atoms with Gasteiger partial charge in [-0.15, -0.1) is 0 Å². The Bertz CT molecular complexity index is 612. The summed E-state index contributed by atoms with van der Waals surface area (Å²) < 4.78 is 0. The summed E-state index contributed by atoms with van der Waals surface area (Å²) in [5.41, 5.74) is 2.68. The summed E-state index contributed by atoms with van der Waals surface area (Å²) in [6.45, 7) is 3.78. The first kappa shape index (κ1) is 13.7. The number of hydrogen-bond acceptors (Lipinski definition) is 3. The zero-order valence-corrected chi connectivity index (χ0v) is 11.7. The lowest BCUT2D eigenvalue weighted by molar-refractivity contribution is 0.196. The first-order valence-corrected chi connectivity index (χ1v) is 6.88. The summed E-state index contributed by atoms with van der Waals surface area (Å²) in [5, 5.41) is 18.8. The van der Waals surface area contributed by atoms with Crippen LogP contribution >= 0.6 is 11.8 Å². The zero-order valence-electron chi connectivity index (χ0n) is 10.9. The second-order valence-electron chi connectivity index (χ2n) is 4.46. The number of nitriles is 1. The van der Waals surface area contributed by atoms with Crippen molar-refractivity contribution in [3.63, 3.8) is 0 Å². The molecule has 2 nitrogen and oxygen atoms in total. The third kappa shape index (κ3) is 3.37. The summed E-state index contributed by atoms with van der Waals surface area (Å²) in [5.74, 6) is 0. The molecular weight excluding hydrogens is 254 g/mol. The van der Waals surface area contributed by atoms with Gasteiger partial charge in [0.25, 0.3) is 0 Å². The fourth-order valence-corrected chi connectivity index (χ4v) is 2.84. The van der Waals surface area contributed by atoms with Crippen LogP contribution in [-0.2, 0) is 0 Å². The second-order valence-corrected chi connectivity index (χ2v) is 5.57. The average molecular weight is 269 g/mol. The predicted molar refractivity (Wildman–Crippen MR) is 77.1 cm³/mol. The van der Waals surface area contributed by atoms with E-state index in [-0.39, 0.29) is 0 Å². The highest BCUT2D eigenvalue weighted by atomic mass is 32.2. The average Bonchev–Trinajstić information content (AvgIpc) is 2.41. The maximum Gasteiger partial charge on any atom is 0.0992 e. The van der Waals surface area contributed by atoms with Crippen LogP contribution in [0.25, 0.3) is 0 Å². The molecular formula is C16H15NOS. The minimum absolute atomic E-state index is 0.541. The molecule has 0 amide bonds. The monoisotopic (exact) mass is 269 g/mol. The number of aliphatic hydroxyl groups excluding tert-OH is 1. The fraction of sp³-hybridized carbons (Fsp3) is 0.188. The van der Waals surface area contributed by atoms with Gasteiger partial charge < -0.3 is 5.11 Å². The van der Waals surface area contributed by atoms with Crippen molar-refractivity contribution >= 4 is 11.8 Å². The molecule has 2 rings (SSSR count). The van der Waals surface area contributed by atoms with Gasteiger partial charge in [0, 0.05) is 9.79 Å². The molecule has 0 saturated carbocycles. The molecule has 1 N–H and O–H groups in total. The number of aliphatic hydroxyl groups is 1. The van der Waals surface area contributed by atoms with Crippen LogP contribution in [0.15, 0.2) is 52.3 Å². The van der Waals surface area contributed by atoms with E-state index >= 15 is 0 Å². The van der Waals surface area contributed by atoms with Crippen molar-refractivity contribution < 1.29 is 5.11 Å². The van der Waals surface area contributed by atoms with Crippen molar-refractivity contribution in [3.8, 4) is 6.07 Å². The van der Waals surface area contributed by atoms with E-state index in [1.54, 1.807) is 24.8 Å².